The summed E-state index contributed by atoms with van der Waals surface area (Å²) in [6, 6.07) is 8.30. The third-order valence-corrected chi connectivity index (χ3v) is 8.08. The predicted molar refractivity (Wildman–Crippen MR) is 125 cm³/mol. The van der Waals surface area contributed by atoms with Crippen molar-refractivity contribution in [3.8, 4) is 0 Å². The Morgan fingerprint density at radius 2 is 1.87 bits per heavy atom. The Hall–Kier alpha value is -1.84. The lowest BCUT2D eigenvalue weighted by molar-refractivity contribution is -0.654. The average Bonchev–Trinajstić information content (AvgIpc) is 3.36. The van der Waals surface area contributed by atoms with Crippen molar-refractivity contribution >= 4 is 17.0 Å². The van der Waals surface area contributed by atoms with Crippen LogP contribution in [0.1, 0.15) is 84.5 Å². The lowest BCUT2D eigenvalue weighted by Crippen LogP contribution is -2.40. The van der Waals surface area contributed by atoms with Crippen molar-refractivity contribution < 1.29 is 14.1 Å². The molecule has 4 nitrogen and oxygen atoms in total. The van der Waals surface area contributed by atoms with E-state index in [9.17, 15) is 4.79 Å². The van der Waals surface area contributed by atoms with Crippen molar-refractivity contribution in [1.82, 2.24) is 4.57 Å². The number of fused-ring (bicyclic) bond motifs is 1. The molecule has 2 aliphatic rings. The summed E-state index contributed by atoms with van der Waals surface area (Å²) in [5, 5.41) is 0. The predicted octanol–water partition coefficient (Wildman–Crippen LogP) is 5.76. The second-order valence-electron chi connectivity index (χ2n) is 10.5. The quantitative estimate of drug-likeness (QED) is 0.435. The number of imidazole rings is 1. The van der Waals surface area contributed by atoms with Crippen LogP contribution in [-0.2, 0) is 23.0 Å². The highest BCUT2D eigenvalue weighted by molar-refractivity contribution is 5.80. The van der Waals surface area contributed by atoms with E-state index in [1.165, 1.54) is 37.0 Å². The van der Waals surface area contributed by atoms with Gasteiger partial charge in [-0.15, -0.1) is 0 Å². The van der Waals surface area contributed by atoms with Crippen LogP contribution < -0.4 is 4.57 Å². The lowest BCUT2D eigenvalue weighted by atomic mass is 9.75. The van der Waals surface area contributed by atoms with E-state index in [2.05, 4.69) is 68.1 Å². The maximum Gasteiger partial charge on any atom is 0.352 e. The zero-order valence-corrected chi connectivity index (χ0v) is 20.1. The Labute approximate surface area is 188 Å². The summed E-state index contributed by atoms with van der Waals surface area (Å²) < 4.78 is 11.1. The molecule has 0 amide bonds. The Morgan fingerprint density at radius 1 is 1.16 bits per heavy atom. The van der Waals surface area contributed by atoms with Crippen LogP contribution in [0.4, 0.5) is 0 Å². The van der Waals surface area contributed by atoms with E-state index in [0.29, 0.717) is 23.7 Å². The number of rotatable bonds is 6. The number of carbonyl (C=O) groups is 1. The fraction of sp³-hybridized carbons (Fsp3) is 0.704. The maximum atomic E-state index is 13.9. The van der Waals surface area contributed by atoms with Crippen LogP contribution in [0.3, 0.4) is 0 Å². The Kier molecular flexibility index (Phi) is 6.74. The molecular formula is C27H41N2O2+. The van der Waals surface area contributed by atoms with Gasteiger partial charge in [-0.3, -0.25) is 0 Å². The lowest BCUT2D eigenvalue weighted by Gasteiger charge is -2.37. The summed E-state index contributed by atoms with van der Waals surface area (Å²) in [6.45, 7) is 9.06. The van der Waals surface area contributed by atoms with Crippen molar-refractivity contribution in [3.63, 3.8) is 0 Å². The van der Waals surface area contributed by atoms with Gasteiger partial charge >= 0.3 is 5.97 Å². The molecule has 1 aromatic carbocycles. The van der Waals surface area contributed by atoms with Crippen molar-refractivity contribution in [2.75, 3.05) is 0 Å². The molecule has 0 bridgehead atoms. The van der Waals surface area contributed by atoms with Gasteiger partial charge in [0.05, 0.1) is 7.05 Å². The summed E-state index contributed by atoms with van der Waals surface area (Å²) in [7, 11) is 2.13. The van der Waals surface area contributed by atoms with E-state index in [1.807, 2.05) is 0 Å². The second kappa shape index (κ2) is 9.34. The normalized spacial score (nSPS) is 25.9. The molecule has 0 radical (unpaired) electrons. The first-order chi connectivity index (χ1) is 14.9. The zero-order valence-electron chi connectivity index (χ0n) is 20.1. The highest BCUT2D eigenvalue weighted by atomic mass is 16.5. The van der Waals surface area contributed by atoms with Crippen LogP contribution in [0, 0.1) is 23.7 Å². The molecule has 2 aliphatic carbocycles. The van der Waals surface area contributed by atoms with Gasteiger partial charge < -0.3 is 4.74 Å². The van der Waals surface area contributed by atoms with Crippen LogP contribution in [-0.4, -0.2) is 16.6 Å². The number of benzene rings is 1. The maximum absolute atomic E-state index is 13.9. The Bertz CT molecular complexity index is 909. The molecule has 4 heteroatoms. The van der Waals surface area contributed by atoms with E-state index in [0.717, 1.165) is 31.2 Å². The van der Waals surface area contributed by atoms with Crippen LogP contribution >= 0.6 is 0 Å². The first kappa shape index (κ1) is 22.4. The number of esters is 1. The van der Waals surface area contributed by atoms with E-state index in [4.69, 9.17) is 4.74 Å². The molecule has 170 valence electrons. The number of aromatic nitrogens is 2. The van der Waals surface area contributed by atoms with E-state index < -0.39 is 0 Å². The summed E-state index contributed by atoms with van der Waals surface area (Å²) in [4.78, 5) is 13.9. The molecule has 0 unspecified atom stereocenters. The van der Waals surface area contributed by atoms with Gasteiger partial charge in [0, 0.05) is 12.3 Å². The third kappa shape index (κ3) is 4.27. The molecular weight excluding hydrogens is 384 g/mol. The summed E-state index contributed by atoms with van der Waals surface area (Å²) >= 11 is 0. The molecule has 0 N–H and O–H groups in total. The molecule has 2 saturated carbocycles. The van der Waals surface area contributed by atoms with Gasteiger partial charge in [0.25, 0.3) is 5.82 Å². The van der Waals surface area contributed by atoms with Gasteiger partial charge in [-0.25, -0.2) is 13.9 Å². The van der Waals surface area contributed by atoms with Crippen LogP contribution in [0.5, 0.6) is 0 Å². The first-order valence-corrected chi connectivity index (χ1v) is 12.6. The van der Waals surface area contributed by atoms with Crippen LogP contribution in [0.15, 0.2) is 24.3 Å². The molecule has 4 atom stereocenters. The second-order valence-corrected chi connectivity index (χ2v) is 10.5. The van der Waals surface area contributed by atoms with Crippen LogP contribution in [0.2, 0.25) is 0 Å². The molecule has 0 spiro atoms. The molecule has 1 aromatic heterocycles. The Balaban J connectivity index is 1.73. The van der Waals surface area contributed by atoms with Crippen molar-refractivity contribution in [2.24, 2.45) is 30.7 Å². The number of hydrogen-bond acceptors (Lipinski definition) is 2. The fourth-order valence-corrected chi connectivity index (χ4v) is 6.36. The minimum absolute atomic E-state index is 0.00713. The number of nitrogens with zero attached hydrogens (tertiary/aromatic N) is 2. The summed E-state index contributed by atoms with van der Waals surface area (Å²) in [6.07, 6.45) is 9.06. The van der Waals surface area contributed by atoms with Gasteiger partial charge in [0.1, 0.15) is 6.10 Å². The molecule has 31 heavy (non-hydrogen) atoms. The Morgan fingerprint density at radius 3 is 2.55 bits per heavy atom. The first-order valence-electron chi connectivity index (χ1n) is 12.6. The summed E-state index contributed by atoms with van der Waals surface area (Å²) in [5.74, 6) is 3.25. The number of carbonyl (C=O) groups excluding carboxylic acids is 1. The smallest absolute Gasteiger partial charge is 0.352 e. The minimum Gasteiger partial charge on any atom is -0.459 e. The average molecular weight is 426 g/mol. The zero-order chi connectivity index (χ0) is 22.1. The minimum atomic E-state index is -0.214. The SMILES string of the molecule is CCc1n([C@@H](C(=O)O[C@@H]2C[C@H](C)CC[C@H]2C(C)C)C2CCCC2)c2ccccc2[n+]1C. The molecule has 4 rings (SSSR count). The molecule has 0 saturated heterocycles. The molecule has 2 aromatic rings. The number of hydrogen-bond donors (Lipinski definition) is 0. The van der Waals surface area contributed by atoms with E-state index in [-0.39, 0.29) is 18.1 Å². The number of ether oxygens (including phenoxy) is 1. The molecule has 2 fully saturated rings. The van der Waals surface area contributed by atoms with Gasteiger partial charge in [0.15, 0.2) is 11.0 Å². The van der Waals surface area contributed by atoms with Gasteiger partial charge in [-0.05, 0) is 55.6 Å². The van der Waals surface area contributed by atoms with Gasteiger partial charge in [-0.1, -0.05) is 59.1 Å². The van der Waals surface area contributed by atoms with Crippen LogP contribution in [0.25, 0.3) is 11.0 Å². The largest absolute Gasteiger partial charge is 0.459 e. The topological polar surface area (TPSA) is 35.1 Å². The van der Waals surface area contributed by atoms with E-state index in [1.54, 1.807) is 0 Å². The van der Waals surface area contributed by atoms with Gasteiger partial charge in [0.2, 0.25) is 6.04 Å². The van der Waals surface area contributed by atoms with E-state index >= 15 is 0 Å². The van der Waals surface area contributed by atoms with Gasteiger partial charge in [-0.2, -0.15) is 0 Å². The fourth-order valence-electron chi connectivity index (χ4n) is 6.36. The number of aryl methyl sites for hydroxylation is 1. The molecule has 0 aliphatic heterocycles. The molecule has 1 heterocycles. The number of para-hydroxylation sites is 2. The summed E-state index contributed by atoms with van der Waals surface area (Å²) in [5.41, 5.74) is 2.36. The monoisotopic (exact) mass is 425 g/mol. The highest BCUT2D eigenvalue weighted by Crippen LogP contribution is 2.40. The van der Waals surface area contributed by atoms with Crippen molar-refractivity contribution in [2.45, 2.75) is 91.2 Å². The third-order valence-electron chi connectivity index (χ3n) is 8.08. The van der Waals surface area contributed by atoms with Crippen molar-refractivity contribution in [1.29, 1.82) is 0 Å². The highest BCUT2D eigenvalue weighted by Gasteiger charge is 2.43. The van der Waals surface area contributed by atoms with Crippen molar-refractivity contribution in [3.05, 3.63) is 30.1 Å². The standard InChI is InChI=1S/C27H41N2O2/c1-6-25-28(5)22-13-9-10-14-23(22)29(25)26(20-11-7-8-12-20)27(30)31-24-17-19(4)15-16-21(24)18(2)3/h9-10,13-14,18-21,24,26H,6-8,11-12,15-17H2,1-5H3/q+1/t19-,21+,24-,26-/m1/s1.